The largest absolute Gasteiger partial charge is 0.385 e. The van der Waals surface area contributed by atoms with Crippen molar-refractivity contribution in [2.75, 3.05) is 19.7 Å². The molecule has 2 saturated carbocycles. The van der Waals surface area contributed by atoms with E-state index in [0.717, 1.165) is 24.1 Å². The SMILES string of the molecule is C=C(NC1C(C)CC2CCCC1C2)C(C)(C)C1CN(Sc2ccccc2[N+](=O)[O-])CCO1. The molecular weight excluding hydrogens is 422 g/mol. The van der Waals surface area contributed by atoms with Crippen molar-refractivity contribution in [1.29, 1.82) is 0 Å². The van der Waals surface area contributed by atoms with E-state index in [9.17, 15) is 10.1 Å². The zero-order chi connectivity index (χ0) is 22.9. The smallest absolute Gasteiger partial charge is 0.284 e. The van der Waals surface area contributed by atoms with Crippen LogP contribution in [0.3, 0.4) is 0 Å². The van der Waals surface area contributed by atoms with Gasteiger partial charge in [-0.3, -0.25) is 10.1 Å². The maximum atomic E-state index is 11.4. The van der Waals surface area contributed by atoms with Crippen LogP contribution in [0.15, 0.2) is 41.4 Å². The first-order valence-corrected chi connectivity index (χ1v) is 12.8. The molecule has 32 heavy (non-hydrogen) atoms. The molecule has 1 aromatic rings. The lowest BCUT2D eigenvalue weighted by Gasteiger charge is -2.48. The fourth-order valence-electron chi connectivity index (χ4n) is 5.82. The molecule has 7 heteroatoms. The van der Waals surface area contributed by atoms with Crippen molar-refractivity contribution < 1.29 is 9.66 Å². The van der Waals surface area contributed by atoms with Crippen molar-refractivity contribution in [2.45, 2.75) is 69.9 Å². The average molecular weight is 460 g/mol. The number of morpholine rings is 1. The number of benzene rings is 1. The number of nitro benzene ring substituents is 1. The second kappa shape index (κ2) is 9.74. The minimum atomic E-state index is -0.308. The summed E-state index contributed by atoms with van der Waals surface area (Å²) in [6.45, 7) is 13.4. The lowest BCUT2D eigenvalue weighted by Crippen LogP contribution is -2.53. The van der Waals surface area contributed by atoms with Crippen LogP contribution >= 0.6 is 11.9 Å². The number of para-hydroxylation sites is 1. The molecule has 4 rings (SSSR count). The Hall–Kier alpha value is -1.57. The molecule has 0 radical (unpaired) electrons. The molecule has 1 aromatic carbocycles. The summed E-state index contributed by atoms with van der Waals surface area (Å²) in [7, 11) is 0. The highest BCUT2D eigenvalue weighted by Crippen LogP contribution is 2.44. The molecule has 0 spiro atoms. The van der Waals surface area contributed by atoms with Gasteiger partial charge >= 0.3 is 0 Å². The molecule has 3 aliphatic rings. The Morgan fingerprint density at radius 1 is 1.31 bits per heavy atom. The van der Waals surface area contributed by atoms with Gasteiger partial charge in [-0.05, 0) is 55.0 Å². The van der Waals surface area contributed by atoms with Gasteiger partial charge in [-0.2, -0.15) is 0 Å². The Morgan fingerprint density at radius 2 is 2.09 bits per heavy atom. The van der Waals surface area contributed by atoms with E-state index >= 15 is 0 Å². The fraction of sp³-hybridized carbons (Fsp3) is 0.680. The van der Waals surface area contributed by atoms with Crippen LogP contribution in [0.1, 0.15) is 52.9 Å². The van der Waals surface area contributed by atoms with Gasteiger partial charge in [-0.15, -0.1) is 0 Å². The van der Waals surface area contributed by atoms with E-state index in [-0.39, 0.29) is 22.1 Å². The van der Waals surface area contributed by atoms with Crippen molar-refractivity contribution in [3.05, 3.63) is 46.7 Å². The Bertz CT molecular complexity index is 843. The lowest BCUT2D eigenvalue weighted by molar-refractivity contribution is -0.387. The quantitative estimate of drug-likeness (QED) is 0.323. The molecule has 3 fully saturated rings. The molecule has 1 N–H and O–H groups in total. The number of rotatable bonds is 7. The number of ether oxygens (including phenoxy) is 1. The van der Waals surface area contributed by atoms with Crippen LogP contribution in [0, 0.1) is 33.3 Å². The third-order valence-electron chi connectivity index (χ3n) is 7.89. The summed E-state index contributed by atoms with van der Waals surface area (Å²) in [5, 5.41) is 15.3. The van der Waals surface area contributed by atoms with Gasteiger partial charge in [0.15, 0.2) is 0 Å². The van der Waals surface area contributed by atoms with Crippen molar-refractivity contribution in [3.8, 4) is 0 Å². The van der Waals surface area contributed by atoms with E-state index in [2.05, 4.69) is 37.0 Å². The molecule has 1 aliphatic heterocycles. The van der Waals surface area contributed by atoms with Crippen LogP contribution in [0.5, 0.6) is 0 Å². The molecular formula is C25H37N3O3S. The van der Waals surface area contributed by atoms with Crippen LogP contribution < -0.4 is 5.32 Å². The van der Waals surface area contributed by atoms with Crippen LogP contribution in [0.2, 0.25) is 0 Å². The number of hydrogen-bond acceptors (Lipinski definition) is 6. The minimum absolute atomic E-state index is 0.0236. The molecule has 0 amide bonds. The normalized spacial score (nSPS) is 31.2. The van der Waals surface area contributed by atoms with E-state index in [1.165, 1.54) is 44.1 Å². The van der Waals surface area contributed by atoms with Gasteiger partial charge in [0, 0.05) is 36.3 Å². The summed E-state index contributed by atoms with van der Waals surface area (Å²) < 4.78 is 8.41. The summed E-state index contributed by atoms with van der Waals surface area (Å²) in [6.07, 6.45) is 6.75. The van der Waals surface area contributed by atoms with Gasteiger partial charge < -0.3 is 10.1 Å². The first-order valence-electron chi connectivity index (χ1n) is 12.0. The van der Waals surface area contributed by atoms with Crippen LogP contribution in [-0.4, -0.2) is 41.1 Å². The van der Waals surface area contributed by atoms with Crippen molar-refractivity contribution in [2.24, 2.45) is 23.2 Å². The molecule has 176 valence electrons. The Balaban J connectivity index is 1.41. The summed E-state index contributed by atoms with van der Waals surface area (Å²) in [4.78, 5) is 11.8. The second-order valence-electron chi connectivity index (χ2n) is 10.4. The number of nitrogens with zero attached hydrogens (tertiary/aromatic N) is 2. The molecule has 5 atom stereocenters. The fourth-order valence-corrected chi connectivity index (χ4v) is 6.85. The van der Waals surface area contributed by atoms with Crippen LogP contribution in [0.25, 0.3) is 0 Å². The van der Waals surface area contributed by atoms with E-state index in [0.29, 0.717) is 30.0 Å². The van der Waals surface area contributed by atoms with Gasteiger partial charge in [-0.1, -0.05) is 52.3 Å². The topological polar surface area (TPSA) is 67.6 Å². The molecule has 0 aromatic heterocycles. The molecule has 2 aliphatic carbocycles. The lowest BCUT2D eigenvalue weighted by atomic mass is 9.65. The third-order valence-corrected chi connectivity index (χ3v) is 9.02. The highest BCUT2D eigenvalue weighted by molar-refractivity contribution is 7.97. The number of nitro groups is 1. The maximum absolute atomic E-state index is 11.4. The van der Waals surface area contributed by atoms with Crippen molar-refractivity contribution >= 4 is 17.6 Å². The van der Waals surface area contributed by atoms with Gasteiger partial charge in [0.1, 0.15) is 4.90 Å². The van der Waals surface area contributed by atoms with E-state index in [1.807, 2.05) is 12.1 Å². The first-order chi connectivity index (χ1) is 15.3. The van der Waals surface area contributed by atoms with E-state index in [4.69, 9.17) is 4.74 Å². The number of hydrogen-bond donors (Lipinski definition) is 1. The predicted molar refractivity (Wildman–Crippen MR) is 129 cm³/mol. The highest BCUT2D eigenvalue weighted by atomic mass is 32.2. The van der Waals surface area contributed by atoms with Crippen LogP contribution in [0.4, 0.5) is 5.69 Å². The Morgan fingerprint density at radius 3 is 2.88 bits per heavy atom. The zero-order valence-electron chi connectivity index (χ0n) is 19.6. The van der Waals surface area contributed by atoms with Crippen LogP contribution in [-0.2, 0) is 4.74 Å². The summed E-state index contributed by atoms with van der Waals surface area (Å²) >= 11 is 1.46. The molecule has 5 unspecified atom stereocenters. The van der Waals surface area contributed by atoms with Gasteiger partial charge in [0.05, 0.1) is 17.6 Å². The predicted octanol–water partition coefficient (Wildman–Crippen LogP) is 5.65. The van der Waals surface area contributed by atoms with Gasteiger partial charge in [-0.25, -0.2) is 4.31 Å². The monoisotopic (exact) mass is 459 g/mol. The minimum Gasteiger partial charge on any atom is -0.385 e. The summed E-state index contributed by atoms with van der Waals surface area (Å²) in [6, 6.07) is 7.45. The van der Waals surface area contributed by atoms with Gasteiger partial charge in [0.25, 0.3) is 5.69 Å². The number of fused-ring (bicyclic) bond motifs is 2. The van der Waals surface area contributed by atoms with E-state index < -0.39 is 0 Å². The summed E-state index contributed by atoms with van der Waals surface area (Å²) in [5.74, 6) is 2.34. The molecule has 2 bridgehead atoms. The molecule has 1 saturated heterocycles. The maximum Gasteiger partial charge on any atom is 0.284 e. The first kappa shape index (κ1) is 23.6. The average Bonchev–Trinajstić information content (AvgIpc) is 2.77. The molecule has 6 nitrogen and oxygen atoms in total. The molecule has 1 heterocycles. The summed E-state index contributed by atoms with van der Waals surface area (Å²) in [5.41, 5.74) is 0.969. The van der Waals surface area contributed by atoms with Crippen molar-refractivity contribution in [1.82, 2.24) is 9.62 Å². The van der Waals surface area contributed by atoms with Crippen molar-refractivity contribution in [3.63, 3.8) is 0 Å². The second-order valence-corrected chi connectivity index (χ2v) is 11.6. The van der Waals surface area contributed by atoms with E-state index in [1.54, 1.807) is 12.1 Å². The Kier molecular flexibility index (Phi) is 7.18. The van der Waals surface area contributed by atoms with Gasteiger partial charge in [0.2, 0.25) is 0 Å². The standard InChI is InChI=1S/C25H37N3O3S/c1-17-14-19-8-7-9-20(15-19)24(17)26-18(2)25(3,4)23-16-27(12-13-31-23)32-22-11-6-5-10-21(22)28(29)30/h5-6,10-11,17,19-20,23-24,26H,2,7-9,12-16H2,1,3-4H3. The number of nitrogens with one attached hydrogen (secondary N) is 1. The third kappa shape index (κ3) is 5.00. The Labute approximate surface area is 196 Å². The highest BCUT2D eigenvalue weighted by Gasteiger charge is 2.42. The zero-order valence-corrected chi connectivity index (χ0v) is 20.4.